The van der Waals surface area contributed by atoms with Gasteiger partial charge in [-0.2, -0.15) is 0 Å². The first-order valence-corrected chi connectivity index (χ1v) is 8.23. The zero-order valence-electron chi connectivity index (χ0n) is 13.6. The molecule has 0 saturated heterocycles. The first-order chi connectivity index (χ1) is 11.8. The molecule has 122 valence electrons. The highest BCUT2D eigenvalue weighted by Gasteiger charge is 2.25. The van der Waals surface area contributed by atoms with Crippen LogP contribution in [-0.2, 0) is 6.54 Å². The molecule has 2 heterocycles. The number of nitrogens with zero attached hydrogens (tertiary/aromatic N) is 1. The highest BCUT2D eigenvalue weighted by atomic mass is 16.5. The number of rotatable bonds is 3. The third-order valence-corrected chi connectivity index (χ3v) is 4.46. The lowest BCUT2D eigenvalue weighted by molar-refractivity contribution is 0.315. The standard InChI is InChI=1S/C20H20N2O2/c1-2-24-18-11-5-8-15(20(18)23)19-17-10-6-12-22(17)16-9-4-3-7-14(16)13-21-19/h3-12,19,21,23H,2,13H2,1H3/t19-/m0/s1. The van der Waals surface area contributed by atoms with Gasteiger partial charge in [0.1, 0.15) is 0 Å². The summed E-state index contributed by atoms with van der Waals surface area (Å²) in [7, 11) is 0. The van der Waals surface area contributed by atoms with Gasteiger partial charge in [-0.3, -0.25) is 0 Å². The van der Waals surface area contributed by atoms with E-state index >= 15 is 0 Å². The summed E-state index contributed by atoms with van der Waals surface area (Å²) in [5.41, 5.74) is 4.34. The van der Waals surface area contributed by atoms with Gasteiger partial charge in [-0.05, 0) is 36.8 Å². The van der Waals surface area contributed by atoms with Crippen LogP contribution in [0.1, 0.15) is 29.8 Å². The van der Waals surface area contributed by atoms with Crippen LogP contribution in [0.2, 0.25) is 0 Å². The number of aromatic nitrogens is 1. The maximum atomic E-state index is 10.7. The largest absolute Gasteiger partial charge is 0.504 e. The van der Waals surface area contributed by atoms with Crippen LogP contribution in [0, 0.1) is 0 Å². The van der Waals surface area contributed by atoms with Gasteiger partial charge in [-0.15, -0.1) is 0 Å². The number of ether oxygens (including phenoxy) is 1. The van der Waals surface area contributed by atoms with Gasteiger partial charge in [0.05, 0.1) is 12.6 Å². The fraction of sp³-hybridized carbons (Fsp3) is 0.200. The number of hydrogen-bond acceptors (Lipinski definition) is 3. The lowest BCUT2D eigenvalue weighted by atomic mass is 10.0. The second-order valence-corrected chi connectivity index (χ2v) is 5.87. The molecule has 1 aliphatic rings. The number of nitrogens with one attached hydrogen (secondary N) is 1. The van der Waals surface area contributed by atoms with E-state index in [-0.39, 0.29) is 11.8 Å². The summed E-state index contributed by atoms with van der Waals surface area (Å²) in [6.45, 7) is 3.18. The summed E-state index contributed by atoms with van der Waals surface area (Å²) in [6, 6.07) is 18.1. The van der Waals surface area contributed by atoms with Crippen LogP contribution in [-0.4, -0.2) is 16.3 Å². The molecule has 0 bridgehead atoms. The van der Waals surface area contributed by atoms with Gasteiger partial charge >= 0.3 is 0 Å². The molecule has 24 heavy (non-hydrogen) atoms. The predicted molar refractivity (Wildman–Crippen MR) is 93.7 cm³/mol. The van der Waals surface area contributed by atoms with E-state index < -0.39 is 0 Å². The van der Waals surface area contributed by atoms with Crippen molar-refractivity contribution in [2.45, 2.75) is 19.5 Å². The van der Waals surface area contributed by atoms with Crippen LogP contribution in [0.5, 0.6) is 11.5 Å². The SMILES string of the molecule is CCOc1cccc([C@@H]2NCc3ccccc3-n3cccc32)c1O. The van der Waals surface area contributed by atoms with Crippen LogP contribution >= 0.6 is 0 Å². The molecule has 1 aliphatic heterocycles. The van der Waals surface area contributed by atoms with Gasteiger partial charge in [0.15, 0.2) is 11.5 Å². The molecule has 2 N–H and O–H groups in total. The Labute approximate surface area is 141 Å². The average Bonchev–Trinajstić information content (AvgIpc) is 3.02. The van der Waals surface area contributed by atoms with Crippen molar-refractivity contribution in [3.05, 3.63) is 77.6 Å². The normalized spacial score (nSPS) is 16.1. The molecule has 1 aromatic heterocycles. The van der Waals surface area contributed by atoms with Crippen molar-refractivity contribution in [1.29, 1.82) is 0 Å². The van der Waals surface area contributed by atoms with Crippen LogP contribution in [0.3, 0.4) is 0 Å². The maximum Gasteiger partial charge on any atom is 0.162 e. The van der Waals surface area contributed by atoms with Gasteiger partial charge in [0, 0.05) is 29.7 Å². The Morgan fingerprint density at radius 1 is 1.12 bits per heavy atom. The second kappa shape index (κ2) is 6.06. The molecule has 3 aromatic rings. The van der Waals surface area contributed by atoms with E-state index in [1.165, 1.54) is 11.3 Å². The van der Waals surface area contributed by atoms with Crippen molar-refractivity contribution in [3.63, 3.8) is 0 Å². The fourth-order valence-electron chi connectivity index (χ4n) is 3.37. The highest BCUT2D eigenvalue weighted by Crippen LogP contribution is 2.38. The fourth-order valence-corrected chi connectivity index (χ4v) is 3.37. The van der Waals surface area contributed by atoms with E-state index in [0.717, 1.165) is 17.8 Å². The van der Waals surface area contributed by atoms with E-state index in [9.17, 15) is 5.11 Å². The van der Waals surface area contributed by atoms with Gasteiger partial charge in [-0.1, -0.05) is 30.3 Å². The molecule has 4 heteroatoms. The van der Waals surface area contributed by atoms with E-state index in [4.69, 9.17) is 4.74 Å². The van der Waals surface area contributed by atoms with Crippen LogP contribution in [0.15, 0.2) is 60.8 Å². The van der Waals surface area contributed by atoms with Crippen molar-refractivity contribution in [2.75, 3.05) is 6.61 Å². The number of phenols is 1. The molecule has 2 aromatic carbocycles. The lowest BCUT2D eigenvalue weighted by Crippen LogP contribution is -2.21. The molecular weight excluding hydrogens is 300 g/mol. The zero-order valence-corrected chi connectivity index (χ0v) is 13.6. The van der Waals surface area contributed by atoms with E-state index in [1.807, 2.05) is 25.1 Å². The number of fused-ring (bicyclic) bond motifs is 3. The maximum absolute atomic E-state index is 10.7. The van der Waals surface area contributed by atoms with Crippen LogP contribution in [0.4, 0.5) is 0 Å². The van der Waals surface area contributed by atoms with E-state index in [0.29, 0.717) is 12.4 Å². The van der Waals surface area contributed by atoms with Crippen molar-refractivity contribution in [2.24, 2.45) is 0 Å². The number of para-hydroxylation sites is 2. The molecule has 0 amide bonds. The molecule has 4 rings (SSSR count). The lowest BCUT2D eigenvalue weighted by Gasteiger charge is -2.20. The first kappa shape index (κ1) is 14.8. The minimum atomic E-state index is -0.104. The predicted octanol–water partition coefficient (Wildman–Crippen LogP) is 3.77. The number of aromatic hydroxyl groups is 1. The Bertz CT molecular complexity index is 870. The van der Waals surface area contributed by atoms with Crippen LogP contribution < -0.4 is 10.1 Å². The third kappa shape index (κ3) is 2.36. The third-order valence-electron chi connectivity index (χ3n) is 4.46. The Morgan fingerprint density at radius 2 is 2.00 bits per heavy atom. The molecule has 0 aliphatic carbocycles. The molecule has 0 radical (unpaired) electrons. The summed E-state index contributed by atoms with van der Waals surface area (Å²) >= 11 is 0. The highest BCUT2D eigenvalue weighted by molar-refractivity contribution is 5.52. The van der Waals surface area contributed by atoms with E-state index in [2.05, 4.69) is 46.4 Å². The Morgan fingerprint density at radius 3 is 2.88 bits per heavy atom. The summed E-state index contributed by atoms with van der Waals surface area (Å²) in [4.78, 5) is 0. The summed E-state index contributed by atoms with van der Waals surface area (Å²) in [6.07, 6.45) is 2.07. The Kier molecular flexibility index (Phi) is 3.75. The molecular formula is C20H20N2O2. The quantitative estimate of drug-likeness (QED) is 0.772. The monoisotopic (exact) mass is 320 g/mol. The average molecular weight is 320 g/mol. The number of hydrogen-bond donors (Lipinski definition) is 2. The van der Waals surface area contributed by atoms with Gasteiger partial charge in [0.2, 0.25) is 0 Å². The summed E-state index contributed by atoms with van der Waals surface area (Å²) in [5, 5.41) is 14.2. The molecule has 0 fully saturated rings. The topological polar surface area (TPSA) is 46.4 Å². The van der Waals surface area contributed by atoms with Gasteiger partial charge < -0.3 is 19.7 Å². The van der Waals surface area contributed by atoms with Crippen LogP contribution in [0.25, 0.3) is 5.69 Å². The van der Waals surface area contributed by atoms with Crippen molar-refractivity contribution in [1.82, 2.24) is 9.88 Å². The number of phenolic OH excluding ortho intramolecular Hbond substituents is 1. The zero-order chi connectivity index (χ0) is 16.5. The van der Waals surface area contributed by atoms with E-state index in [1.54, 1.807) is 6.07 Å². The molecule has 4 nitrogen and oxygen atoms in total. The smallest absolute Gasteiger partial charge is 0.162 e. The first-order valence-electron chi connectivity index (χ1n) is 8.23. The minimum absolute atomic E-state index is 0.104. The second-order valence-electron chi connectivity index (χ2n) is 5.87. The number of benzene rings is 2. The van der Waals surface area contributed by atoms with Gasteiger partial charge in [-0.25, -0.2) is 0 Å². The molecule has 1 atom stereocenters. The summed E-state index contributed by atoms with van der Waals surface area (Å²) < 4.78 is 7.73. The molecule has 0 spiro atoms. The molecule has 0 unspecified atom stereocenters. The van der Waals surface area contributed by atoms with Crippen molar-refractivity contribution >= 4 is 0 Å². The van der Waals surface area contributed by atoms with Gasteiger partial charge in [0.25, 0.3) is 0 Å². The van der Waals surface area contributed by atoms with Crippen molar-refractivity contribution < 1.29 is 9.84 Å². The van der Waals surface area contributed by atoms with Crippen molar-refractivity contribution in [3.8, 4) is 17.2 Å². The molecule has 0 saturated carbocycles. The Balaban J connectivity index is 1.83. The summed E-state index contributed by atoms with van der Waals surface area (Å²) in [5.74, 6) is 0.729. The Hall–Kier alpha value is -2.72. The minimum Gasteiger partial charge on any atom is -0.504 e.